The Labute approximate surface area is 187 Å². The Bertz CT molecular complexity index is 976. The molecule has 0 bridgehead atoms. The van der Waals surface area contributed by atoms with Crippen molar-refractivity contribution < 1.29 is 26.4 Å². The number of amides is 1. The summed E-state index contributed by atoms with van der Waals surface area (Å²) in [6, 6.07) is 3.76. The standard InChI is InChI=1S/C22H30F3N3O3S/c1-32(30,31)26-16-8-9-19(18(14-16)22(23,24)25)27-12-5-10-21(15-27)11-13-28(20(21)29)17-6-3-2-4-7-17/h8-9,14,17,26H,2-7,10-13,15H2,1H3. The number of carbonyl (C=O) groups excluding carboxylic acids is 1. The fourth-order valence-electron chi connectivity index (χ4n) is 5.62. The van der Waals surface area contributed by atoms with E-state index in [4.69, 9.17) is 0 Å². The first-order chi connectivity index (χ1) is 15.0. The summed E-state index contributed by atoms with van der Waals surface area (Å²) in [7, 11) is -3.70. The number of nitrogens with zero attached hydrogens (tertiary/aromatic N) is 2. The predicted molar refractivity (Wildman–Crippen MR) is 117 cm³/mol. The highest BCUT2D eigenvalue weighted by atomic mass is 32.2. The second kappa shape index (κ2) is 8.43. The highest BCUT2D eigenvalue weighted by molar-refractivity contribution is 7.92. The molecule has 1 spiro atoms. The van der Waals surface area contributed by atoms with Crippen LogP contribution in [0.15, 0.2) is 18.2 Å². The number of sulfonamides is 1. The maximum absolute atomic E-state index is 13.9. The number of benzene rings is 1. The molecule has 0 radical (unpaired) electrons. The molecule has 1 aliphatic carbocycles. The van der Waals surface area contributed by atoms with Crippen molar-refractivity contribution in [2.75, 3.05) is 35.5 Å². The van der Waals surface area contributed by atoms with E-state index in [1.165, 1.54) is 18.6 Å². The minimum Gasteiger partial charge on any atom is -0.370 e. The van der Waals surface area contributed by atoms with Crippen molar-refractivity contribution in [1.82, 2.24) is 4.90 Å². The quantitative estimate of drug-likeness (QED) is 0.711. The Morgan fingerprint density at radius 2 is 1.78 bits per heavy atom. The van der Waals surface area contributed by atoms with E-state index < -0.39 is 27.2 Å². The van der Waals surface area contributed by atoms with Crippen molar-refractivity contribution >= 4 is 27.3 Å². The van der Waals surface area contributed by atoms with Crippen LogP contribution in [-0.2, 0) is 21.0 Å². The zero-order chi connectivity index (χ0) is 23.1. The van der Waals surface area contributed by atoms with Crippen LogP contribution in [0.5, 0.6) is 0 Å². The lowest BCUT2D eigenvalue weighted by Crippen LogP contribution is -2.50. The van der Waals surface area contributed by atoms with Gasteiger partial charge in [0.15, 0.2) is 0 Å². The van der Waals surface area contributed by atoms with E-state index in [0.29, 0.717) is 32.4 Å². The average Bonchev–Trinajstić information content (AvgIpc) is 3.02. The third-order valence-corrected chi connectivity index (χ3v) is 7.69. The van der Waals surface area contributed by atoms with Gasteiger partial charge in [-0.2, -0.15) is 13.2 Å². The molecule has 2 saturated heterocycles. The first-order valence-corrected chi connectivity index (χ1v) is 13.1. The van der Waals surface area contributed by atoms with Crippen LogP contribution in [0.3, 0.4) is 0 Å². The van der Waals surface area contributed by atoms with Crippen LogP contribution in [0.4, 0.5) is 24.5 Å². The molecule has 3 aliphatic rings. The summed E-state index contributed by atoms with van der Waals surface area (Å²) in [5, 5.41) is 0. The highest BCUT2D eigenvalue weighted by Crippen LogP contribution is 2.46. The van der Waals surface area contributed by atoms with E-state index in [-0.39, 0.29) is 29.9 Å². The molecule has 3 fully saturated rings. The van der Waals surface area contributed by atoms with E-state index in [2.05, 4.69) is 4.72 Å². The van der Waals surface area contributed by atoms with Gasteiger partial charge in [-0.05, 0) is 50.3 Å². The number of halogens is 3. The van der Waals surface area contributed by atoms with Crippen molar-refractivity contribution in [3.05, 3.63) is 23.8 Å². The summed E-state index contributed by atoms with van der Waals surface area (Å²) in [6.45, 7) is 1.37. The van der Waals surface area contributed by atoms with Crippen molar-refractivity contribution in [2.24, 2.45) is 5.41 Å². The number of anilines is 2. The van der Waals surface area contributed by atoms with E-state index in [9.17, 15) is 26.4 Å². The zero-order valence-corrected chi connectivity index (χ0v) is 19.1. The number of piperidine rings is 1. The molecule has 1 saturated carbocycles. The molecule has 2 heterocycles. The van der Waals surface area contributed by atoms with Gasteiger partial charge in [0.1, 0.15) is 0 Å². The molecule has 1 aromatic carbocycles. The highest BCUT2D eigenvalue weighted by Gasteiger charge is 2.51. The van der Waals surface area contributed by atoms with Crippen molar-refractivity contribution in [3.63, 3.8) is 0 Å². The lowest BCUT2D eigenvalue weighted by Gasteiger charge is -2.42. The minimum absolute atomic E-state index is 0.000424. The van der Waals surface area contributed by atoms with Gasteiger partial charge in [0.25, 0.3) is 0 Å². The first-order valence-electron chi connectivity index (χ1n) is 11.2. The summed E-state index contributed by atoms with van der Waals surface area (Å²) in [4.78, 5) is 17.1. The van der Waals surface area contributed by atoms with Crippen LogP contribution in [0.2, 0.25) is 0 Å². The molecule has 32 heavy (non-hydrogen) atoms. The number of nitrogens with one attached hydrogen (secondary N) is 1. The van der Waals surface area contributed by atoms with Gasteiger partial charge in [0, 0.05) is 37.1 Å². The van der Waals surface area contributed by atoms with Crippen molar-refractivity contribution in [2.45, 2.75) is 63.6 Å². The van der Waals surface area contributed by atoms with Gasteiger partial charge < -0.3 is 9.80 Å². The summed E-state index contributed by atoms with van der Waals surface area (Å²) < 4.78 is 66.7. The Hall–Kier alpha value is -1.97. The third-order valence-electron chi connectivity index (χ3n) is 7.08. The molecule has 1 aromatic rings. The maximum Gasteiger partial charge on any atom is 0.418 e. The van der Waals surface area contributed by atoms with Gasteiger partial charge >= 0.3 is 6.18 Å². The maximum atomic E-state index is 13.9. The Balaban J connectivity index is 1.60. The number of rotatable bonds is 4. The van der Waals surface area contributed by atoms with Crippen LogP contribution in [0.1, 0.15) is 56.9 Å². The summed E-state index contributed by atoms with van der Waals surface area (Å²) >= 11 is 0. The van der Waals surface area contributed by atoms with Crippen LogP contribution in [0.25, 0.3) is 0 Å². The molecular weight excluding hydrogens is 443 g/mol. The van der Waals surface area contributed by atoms with Crippen molar-refractivity contribution in [3.8, 4) is 0 Å². The minimum atomic E-state index is -4.65. The molecular formula is C22H30F3N3O3S. The van der Waals surface area contributed by atoms with Gasteiger partial charge in [-0.1, -0.05) is 19.3 Å². The largest absolute Gasteiger partial charge is 0.418 e. The van der Waals surface area contributed by atoms with E-state index in [1.54, 1.807) is 4.90 Å². The molecule has 6 nitrogen and oxygen atoms in total. The SMILES string of the molecule is CS(=O)(=O)Nc1ccc(N2CCCC3(CCN(C4CCCCC4)C3=O)C2)c(C(F)(F)F)c1. The molecule has 4 rings (SSSR count). The number of carbonyl (C=O) groups is 1. The van der Waals surface area contributed by atoms with Gasteiger partial charge in [0.05, 0.1) is 17.2 Å². The summed E-state index contributed by atoms with van der Waals surface area (Å²) in [6.07, 6.45) is 3.72. The van der Waals surface area contributed by atoms with Crippen LogP contribution >= 0.6 is 0 Å². The first kappa shape index (κ1) is 23.2. The van der Waals surface area contributed by atoms with Crippen molar-refractivity contribution in [1.29, 1.82) is 0 Å². The van der Waals surface area contributed by atoms with E-state index >= 15 is 0 Å². The van der Waals surface area contributed by atoms with E-state index in [0.717, 1.165) is 38.0 Å². The molecule has 2 aliphatic heterocycles. The normalized spacial score (nSPS) is 25.6. The molecule has 1 N–H and O–H groups in total. The second-order valence-corrected chi connectivity index (χ2v) is 11.2. The Morgan fingerprint density at radius 3 is 2.44 bits per heavy atom. The van der Waals surface area contributed by atoms with Gasteiger partial charge in [-0.25, -0.2) is 8.42 Å². The topological polar surface area (TPSA) is 69.7 Å². The van der Waals surface area contributed by atoms with Gasteiger partial charge in [-0.15, -0.1) is 0 Å². The number of hydrogen-bond donors (Lipinski definition) is 1. The lowest BCUT2D eigenvalue weighted by molar-refractivity contribution is -0.139. The van der Waals surface area contributed by atoms with Gasteiger partial charge in [0.2, 0.25) is 15.9 Å². The zero-order valence-electron chi connectivity index (χ0n) is 18.2. The van der Waals surface area contributed by atoms with Gasteiger partial charge in [-0.3, -0.25) is 9.52 Å². The van der Waals surface area contributed by atoms with Crippen LogP contribution in [0, 0.1) is 5.41 Å². The fourth-order valence-corrected chi connectivity index (χ4v) is 6.18. The monoisotopic (exact) mass is 473 g/mol. The lowest BCUT2D eigenvalue weighted by atomic mass is 9.78. The Kier molecular flexibility index (Phi) is 6.11. The average molecular weight is 474 g/mol. The molecule has 1 amide bonds. The molecule has 1 atom stereocenters. The molecule has 1 unspecified atom stereocenters. The van der Waals surface area contributed by atoms with Crippen LogP contribution < -0.4 is 9.62 Å². The molecule has 178 valence electrons. The summed E-state index contributed by atoms with van der Waals surface area (Å²) in [5.41, 5.74) is -1.66. The fraction of sp³-hybridized carbons (Fsp3) is 0.682. The smallest absolute Gasteiger partial charge is 0.370 e. The molecule has 0 aromatic heterocycles. The Morgan fingerprint density at radius 1 is 1.06 bits per heavy atom. The van der Waals surface area contributed by atoms with E-state index in [1.807, 2.05) is 4.90 Å². The number of hydrogen-bond acceptors (Lipinski definition) is 4. The van der Waals surface area contributed by atoms with Crippen LogP contribution in [-0.4, -0.2) is 51.2 Å². The summed E-state index contributed by atoms with van der Waals surface area (Å²) in [5.74, 6) is 0.0954. The predicted octanol–water partition coefficient (Wildman–Crippen LogP) is 4.23. The number of likely N-dealkylation sites (tertiary alicyclic amines) is 1. The third kappa shape index (κ3) is 4.70. The number of alkyl halides is 3. The molecule has 10 heteroatoms. The second-order valence-electron chi connectivity index (χ2n) is 9.45.